The average Bonchev–Trinajstić information content (AvgIpc) is 2.72. The molecular formula is C20H28BFN2O4S. The molecule has 0 amide bonds. The van der Waals surface area contributed by atoms with Crippen molar-refractivity contribution in [2.24, 2.45) is 10.7 Å². The van der Waals surface area contributed by atoms with E-state index in [9.17, 15) is 12.8 Å². The molecule has 0 radical (unpaired) electrons. The van der Waals surface area contributed by atoms with Crippen molar-refractivity contribution in [3.05, 3.63) is 29.6 Å². The molecule has 9 heteroatoms. The quantitative estimate of drug-likeness (QED) is 0.737. The summed E-state index contributed by atoms with van der Waals surface area (Å²) in [7, 11) is -4.24. The van der Waals surface area contributed by atoms with E-state index in [4.69, 9.17) is 15.0 Å². The predicted octanol–water partition coefficient (Wildman–Crippen LogP) is 2.05. The monoisotopic (exact) mass is 422 g/mol. The molecule has 2 fully saturated rings. The van der Waals surface area contributed by atoms with Crippen molar-refractivity contribution in [1.29, 1.82) is 0 Å². The molecule has 158 valence electrons. The molecule has 29 heavy (non-hydrogen) atoms. The molecular weight excluding hydrogens is 394 g/mol. The van der Waals surface area contributed by atoms with Crippen molar-refractivity contribution in [3.8, 4) is 0 Å². The summed E-state index contributed by atoms with van der Waals surface area (Å²) in [6.45, 7) is 9.38. The Morgan fingerprint density at radius 3 is 2.17 bits per heavy atom. The number of hydrogen-bond acceptors (Lipinski definition) is 6. The third kappa shape index (κ3) is 2.88. The highest BCUT2D eigenvalue weighted by Crippen LogP contribution is 2.47. The van der Waals surface area contributed by atoms with Crippen molar-refractivity contribution in [1.82, 2.24) is 0 Å². The Balaban J connectivity index is 1.76. The highest BCUT2D eigenvalue weighted by molar-refractivity contribution is 7.93. The van der Waals surface area contributed by atoms with Crippen LogP contribution in [0.15, 0.2) is 23.2 Å². The van der Waals surface area contributed by atoms with Crippen molar-refractivity contribution < 1.29 is 22.1 Å². The maximum Gasteiger partial charge on any atom is 0.494 e. The van der Waals surface area contributed by atoms with E-state index in [0.29, 0.717) is 18.3 Å². The first-order chi connectivity index (χ1) is 13.2. The summed E-state index contributed by atoms with van der Waals surface area (Å²) in [6.07, 6.45) is 1.77. The van der Waals surface area contributed by atoms with Crippen molar-refractivity contribution in [3.63, 3.8) is 0 Å². The number of halogens is 1. The molecule has 4 rings (SSSR count). The SMILES string of the molecule is CC1(C)OB(c2ccc(F)c([C@]3(C)CS(=O)(=O)C4(CCC4)C(N)=N3)c2)OC1(C)C. The van der Waals surface area contributed by atoms with Crippen LogP contribution >= 0.6 is 0 Å². The van der Waals surface area contributed by atoms with Crippen LogP contribution < -0.4 is 11.2 Å². The highest BCUT2D eigenvalue weighted by atomic mass is 32.2. The minimum atomic E-state index is -3.56. The van der Waals surface area contributed by atoms with Gasteiger partial charge in [-0.3, -0.25) is 4.99 Å². The Labute approximate surface area is 172 Å². The van der Waals surface area contributed by atoms with Gasteiger partial charge in [0.15, 0.2) is 9.84 Å². The molecule has 0 aromatic heterocycles. The van der Waals surface area contributed by atoms with E-state index in [1.54, 1.807) is 19.1 Å². The second-order valence-electron chi connectivity index (χ2n) is 9.71. The van der Waals surface area contributed by atoms with Gasteiger partial charge >= 0.3 is 7.12 Å². The largest absolute Gasteiger partial charge is 0.494 e. The van der Waals surface area contributed by atoms with Gasteiger partial charge in [-0.2, -0.15) is 0 Å². The third-order valence-corrected chi connectivity index (χ3v) is 9.91. The minimum Gasteiger partial charge on any atom is -0.399 e. The van der Waals surface area contributed by atoms with Crippen LogP contribution in [0.1, 0.15) is 59.4 Å². The first-order valence-corrected chi connectivity index (χ1v) is 11.6. The summed E-state index contributed by atoms with van der Waals surface area (Å²) in [5.41, 5.74) is 4.58. The number of nitrogens with two attached hydrogens (primary N) is 1. The Morgan fingerprint density at radius 2 is 1.69 bits per heavy atom. The number of hydrogen-bond donors (Lipinski definition) is 1. The zero-order valence-electron chi connectivity index (χ0n) is 17.6. The number of nitrogens with zero attached hydrogens (tertiary/aromatic N) is 1. The number of sulfone groups is 1. The number of aliphatic imine (C=N–C) groups is 1. The van der Waals surface area contributed by atoms with Crippen LogP contribution in [0, 0.1) is 5.82 Å². The molecule has 2 N–H and O–H groups in total. The van der Waals surface area contributed by atoms with Gasteiger partial charge in [-0.15, -0.1) is 0 Å². The molecule has 1 aliphatic carbocycles. The van der Waals surface area contributed by atoms with E-state index in [1.165, 1.54) is 6.07 Å². The van der Waals surface area contributed by atoms with Gasteiger partial charge in [-0.25, -0.2) is 12.8 Å². The zero-order valence-corrected chi connectivity index (χ0v) is 18.4. The van der Waals surface area contributed by atoms with Gasteiger partial charge in [-0.05, 0) is 65.4 Å². The minimum absolute atomic E-state index is 0.0953. The van der Waals surface area contributed by atoms with E-state index < -0.39 is 44.3 Å². The van der Waals surface area contributed by atoms with Gasteiger partial charge in [-0.1, -0.05) is 12.1 Å². The van der Waals surface area contributed by atoms with Crippen LogP contribution in [0.4, 0.5) is 4.39 Å². The second-order valence-corrected chi connectivity index (χ2v) is 12.0. The summed E-state index contributed by atoms with van der Waals surface area (Å²) in [5.74, 6) is -0.702. The van der Waals surface area contributed by atoms with Crippen LogP contribution in [-0.4, -0.2) is 43.1 Å². The summed E-state index contributed by atoms with van der Waals surface area (Å²) >= 11 is 0. The first kappa shape index (κ1) is 20.8. The van der Waals surface area contributed by atoms with Crippen LogP contribution in [0.2, 0.25) is 0 Å². The summed E-state index contributed by atoms with van der Waals surface area (Å²) < 4.78 is 52.1. The molecule has 3 aliphatic rings. The normalized spacial score (nSPS) is 31.4. The predicted molar refractivity (Wildman–Crippen MR) is 111 cm³/mol. The van der Waals surface area contributed by atoms with Crippen molar-refractivity contribution in [2.75, 3.05) is 5.75 Å². The molecule has 0 bridgehead atoms. The second kappa shape index (κ2) is 6.05. The fourth-order valence-electron chi connectivity index (χ4n) is 4.35. The molecule has 6 nitrogen and oxygen atoms in total. The van der Waals surface area contributed by atoms with E-state index in [2.05, 4.69) is 4.99 Å². The van der Waals surface area contributed by atoms with Crippen LogP contribution in [0.25, 0.3) is 0 Å². The molecule has 1 aromatic rings. The van der Waals surface area contributed by atoms with E-state index >= 15 is 0 Å². The number of rotatable bonds is 2. The average molecular weight is 422 g/mol. The maximum absolute atomic E-state index is 14.9. The smallest absolute Gasteiger partial charge is 0.399 e. The van der Waals surface area contributed by atoms with Crippen molar-refractivity contribution in [2.45, 2.75) is 75.4 Å². The molecule has 1 saturated heterocycles. The molecule has 2 aliphatic heterocycles. The Bertz CT molecular complexity index is 988. The lowest BCUT2D eigenvalue weighted by atomic mass is 9.76. The van der Waals surface area contributed by atoms with E-state index in [0.717, 1.165) is 6.42 Å². The molecule has 1 spiro atoms. The molecule has 2 heterocycles. The maximum atomic E-state index is 14.9. The fraction of sp³-hybridized carbons (Fsp3) is 0.650. The van der Waals surface area contributed by atoms with Crippen LogP contribution in [0.5, 0.6) is 0 Å². The van der Waals surface area contributed by atoms with E-state index in [-0.39, 0.29) is 17.2 Å². The standard InChI is InChI=1S/C20H28BFN2O4S/c1-17(2)18(3,4)28-21(27-17)13-7-8-15(22)14(11-13)19(5)12-29(25,26)20(9-6-10-20)16(23)24-19/h7-8,11H,6,9-10,12H2,1-5H3,(H2,23,24)/t19-/m0/s1. The summed E-state index contributed by atoms with van der Waals surface area (Å²) in [6, 6.07) is 4.51. The van der Waals surface area contributed by atoms with Crippen molar-refractivity contribution >= 4 is 28.3 Å². The Morgan fingerprint density at radius 1 is 1.10 bits per heavy atom. The summed E-state index contributed by atoms with van der Waals surface area (Å²) in [4.78, 5) is 4.53. The highest BCUT2D eigenvalue weighted by Gasteiger charge is 2.58. The van der Waals surface area contributed by atoms with Gasteiger partial charge in [0.2, 0.25) is 0 Å². The summed E-state index contributed by atoms with van der Waals surface area (Å²) in [5, 5.41) is 0. The van der Waals surface area contributed by atoms with Gasteiger partial charge in [0.1, 0.15) is 21.9 Å². The van der Waals surface area contributed by atoms with Gasteiger partial charge in [0, 0.05) is 5.56 Å². The molecule has 0 unspecified atom stereocenters. The number of amidine groups is 1. The van der Waals surface area contributed by atoms with Crippen LogP contribution in [-0.2, 0) is 24.7 Å². The van der Waals surface area contributed by atoms with Gasteiger partial charge in [0.25, 0.3) is 0 Å². The zero-order chi connectivity index (χ0) is 21.5. The number of benzene rings is 1. The Hall–Kier alpha value is -1.45. The first-order valence-electron chi connectivity index (χ1n) is 9.97. The van der Waals surface area contributed by atoms with Crippen LogP contribution in [0.3, 0.4) is 0 Å². The van der Waals surface area contributed by atoms with Gasteiger partial charge < -0.3 is 15.0 Å². The lowest BCUT2D eigenvalue weighted by Crippen LogP contribution is -2.61. The lowest BCUT2D eigenvalue weighted by Gasteiger charge is -2.46. The van der Waals surface area contributed by atoms with Gasteiger partial charge in [0.05, 0.1) is 17.0 Å². The molecule has 1 atom stereocenters. The third-order valence-electron chi connectivity index (χ3n) is 7.16. The lowest BCUT2D eigenvalue weighted by molar-refractivity contribution is 0.00578. The molecule has 1 saturated carbocycles. The van der Waals surface area contributed by atoms with E-state index in [1.807, 2.05) is 27.7 Å². The Kier molecular flexibility index (Phi) is 4.34. The molecule has 1 aromatic carbocycles. The fourth-order valence-corrected chi connectivity index (χ4v) is 6.86. The topological polar surface area (TPSA) is 91.0 Å².